The molecule has 7 heteroatoms. The molecule has 2 aromatic heterocycles. The highest BCUT2D eigenvalue weighted by molar-refractivity contribution is 6.31. The molecule has 0 saturated heterocycles. The van der Waals surface area contributed by atoms with Crippen LogP contribution in [-0.4, -0.2) is 27.8 Å². The zero-order chi connectivity index (χ0) is 23.2. The molecule has 0 atom stereocenters. The van der Waals surface area contributed by atoms with E-state index in [1.165, 1.54) is 0 Å². The van der Waals surface area contributed by atoms with Crippen LogP contribution in [0.2, 0.25) is 5.02 Å². The van der Waals surface area contributed by atoms with Gasteiger partial charge >= 0.3 is 0 Å². The maximum atomic E-state index is 12.6. The Morgan fingerprint density at radius 3 is 2.64 bits per heavy atom. The summed E-state index contributed by atoms with van der Waals surface area (Å²) in [5.74, 6) is 1.74. The molecule has 0 bridgehead atoms. The fourth-order valence-corrected chi connectivity index (χ4v) is 3.68. The summed E-state index contributed by atoms with van der Waals surface area (Å²) in [7, 11) is 1.77. The third kappa shape index (κ3) is 5.54. The van der Waals surface area contributed by atoms with E-state index in [0.29, 0.717) is 41.1 Å². The Balaban J connectivity index is 1.50. The standard InChI is InChI=1S/C26H23ClN4O2/c1-17-14-18(15-20(32)16-19-6-3-4-8-22(19)27)9-10-24(17)33-25-21(7-5-12-29-25)23-11-13-30-26(28-2)31-23/h3-14H,15-16H2,1-2H3,(H,28,30,31). The topological polar surface area (TPSA) is 77.0 Å². The number of rotatable bonds is 8. The third-order valence-electron chi connectivity index (χ3n) is 5.12. The van der Waals surface area contributed by atoms with Crippen molar-refractivity contribution in [2.75, 3.05) is 12.4 Å². The van der Waals surface area contributed by atoms with E-state index < -0.39 is 0 Å². The molecule has 0 fully saturated rings. The van der Waals surface area contributed by atoms with Crippen molar-refractivity contribution >= 4 is 23.3 Å². The second-order valence-corrected chi connectivity index (χ2v) is 7.96. The monoisotopic (exact) mass is 458 g/mol. The van der Waals surface area contributed by atoms with Gasteiger partial charge in [0, 0.05) is 37.3 Å². The van der Waals surface area contributed by atoms with Gasteiger partial charge in [-0.1, -0.05) is 41.9 Å². The predicted molar refractivity (Wildman–Crippen MR) is 130 cm³/mol. The number of hydrogen-bond donors (Lipinski definition) is 1. The molecule has 33 heavy (non-hydrogen) atoms. The number of anilines is 1. The summed E-state index contributed by atoms with van der Waals surface area (Å²) >= 11 is 6.18. The van der Waals surface area contributed by atoms with Crippen LogP contribution in [0.5, 0.6) is 11.6 Å². The number of Topliss-reactive ketones (excluding diaryl/α,β-unsaturated/α-hetero) is 1. The van der Waals surface area contributed by atoms with Gasteiger partial charge in [0.25, 0.3) is 0 Å². The van der Waals surface area contributed by atoms with Crippen molar-refractivity contribution in [3.8, 4) is 22.9 Å². The lowest BCUT2D eigenvalue weighted by atomic mass is 10.0. The minimum Gasteiger partial charge on any atom is -0.438 e. The smallest absolute Gasteiger partial charge is 0.228 e. The number of pyridine rings is 1. The summed E-state index contributed by atoms with van der Waals surface area (Å²) in [6.45, 7) is 1.95. The summed E-state index contributed by atoms with van der Waals surface area (Å²) in [5, 5.41) is 3.55. The van der Waals surface area contributed by atoms with E-state index in [1.807, 2.05) is 61.5 Å². The number of nitrogens with one attached hydrogen (secondary N) is 1. The first kappa shape index (κ1) is 22.4. The fourth-order valence-electron chi connectivity index (χ4n) is 3.48. The lowest BCUT2D eigenvalue weighted by molar-refractivity contribution is -0.117. The number of benzene rings is 2. The van der Waals surface area contributed by atoms with E-state index in [4.69, 9.17) is 16.3 Å². The average molecular weight is 459 g/mol. The quantitative estimate of drug-likeness (QED) is 0.365. The van der Waals surface area contributed by atoms with Crippen LogP contribution in [0.15, 0.2) is 73.1 Å². The van der Waals surface area contributed by atoms with Crippen LogP contribution in [0.3, 0.4) is 0 Å². The van der Waals surface area contributed by atoms with Crippen molar-refractivity contribution in [3.63, 3.8) is 0 Å². The number of nitrogens with zero attached hydrogens (tertiary/aromatic N) is 3. The van der Waals surface area contributed by atoms with E-state index in [-0.39, 0.29) is 5.78 Å². The van der Waals surface area contributed by atoms with E-state index in [0.717, 1.165) is 22.3 Å². The lowest BCUT2D eigenvalue weighted by Crippen LogP contribution is -2.07. The van der Waals surface area contributed by atoms with E-state index >= 15 is 0 Å². The van der Waals surface area contributed by atoms with Gasteiger partial charge in [-0.25, -0.2) is 15.0 Å². The Bertz CT molecular complexity index is 1290. The van der Waals surface area contributed by atoms with Crippen molar-refractivity contribution in [2.45, 2.75) is 19.8 Å². The van der Waals surface area contributed by atoms with Gasteiger partial charge in [-0.05, 0) is 53.9 Å². The summed E-state index contributed by atoms with van der Waals surface area (Å²) in [5.41, 5.74) is 4.14. The first-order chi connectivity index (χ1) is 16.0. The van der Waals surface area contributed by atoms with Gasteiger partial charge < -0.3 is 10.1 Å². The van der Waals surface area contributed by atoms with Crippen LogP contribution in [0, 0.1) is 6.92 Å². The molecule has 0 saturated carbocycles. The number of halogens is 1. The molecule has 4 rings (SSSR count). The first-order valence-electron chi connectivity index (χ1n) is 10.5. The molecular formula is C26H23ClN4O2. The van der Waals surface area contributed by atoms with Crippen molar-refractivity contribution in [3.05, 3.63) is 94.8 Å². The van der Waals surface area contributed by atoms with Gasteiger partial charge in [0.05, 0.1) is 11.3 Å². The molecule has 2 heterocycles. The second-order valence-electron chi connectivity index (χ2n) is 7.56. The Morgan fingerprint density at radius 2 is 1.85 bits per heavy atom. The Hall–Kier alpha value is -3.77. The number of carbonyl (C=O) groups is 1. The molecule has 0 aliphatic carbocycles. The highest BCUT2D eigenvalue weighted by atomic mass is 35.5. The molecule has 0 unspecified atom stereocenters. The van der Waals surface area contributed by atoms with Crippen molar-refractivity contribution < 1.29 is 9.53 Å². The third-order valence-corrected chi connectivity index (χ3v) is 5.49. The highest BCUT2D eigenvalue weighted by Crippen LogP contribution is 2.32. The average Bonchev–Trinajstić information content (AvgIpc) is 2.82. The van der Waals surface area contributed by atoms with Gasteiger partial charge in [0.2, 0.25) is 11.8 Å². The Labute approximate surface area is 197 Å². The van der Waals surface area contributed by atoms with Gasteiger partial charge in [-0.2, -0.15) is 0 Å². The Morgan fingerprint density at radius 1 is 1.00 bits per heavy atom. The molecule has 166 valence electrons. The number of ether oxygens (including phenoxy) is 1. The number of aryl methyl sites for hydroxylation is 1. The van der Waals surface area contributed by atoms with Crippen LogP contribution in [0.25, 0.3) is 11.3 Å². The highest BCUT2D eigenvalue weighted by Gasteiger charge is 2.13. The molecule has 1 N–H and O–H groups in total. The van der Waals surface area contributed by atoms with Crippen LogP contribution in [0.4, 0.5) is 5.95 Å². The summed E-state index contributed by atoms with van der Waals surface area (Å²) in [6.07, 6.45) is 4.00. The minimum absolute atomic E-state index is 0.104. The number of carbonyl (C=O) groups excluding carboxylic acids is 1. The predicted octanol–water partition coefficient (Wildman–Crippen LogP) is 5.69. The first-order valence-corrected chi connectivity index (χ1v) is 10.9. The summed E-state index contributed by atoms with van der Waals surface area (Å²) in [6, 6.07) is 18.7. The largest absolute Gasteiger partial charge is 0.438 e. The molecule has 2 aromatic carbocycles. The SMILES string of the molecule is CNc1nccc(-c2cccnc2Oc2ccc(CC(=O)Cc3ccccc3Cl)cc2C)n1. The maximum Gasteiger partial charge on any atom is 0.228 e. The summed E-state index contributed by atoms with van der Waals surface area (Å²) < 4.78 is 6.15. The van der Waals surface area contributed by atoms with Gasteiger partial charge in [-0.3, -0.25) is 4.79 Å². The van der Waals surface area contributed by atoms with E-state index in [9.17, 15) is 4.79 Å². The van der Waals surface area contributed by atoms with Gasteiger partial charge in [-0.15, -0.1) is 0 Å². The van der Waals surface area contributed by atoms with Gasteiger partial charge in [0.1, 0.15) is 11.5 Å². The number of hydrogen-bond acceptors (Lipinski definition) is 6. The molecule has 6 nitrogen and oxygen atoms in total. The Kier molecular flexibility index (Phi) is 6.95. The van der Waals surface area contributed by atoms with Gasteiger partial charge in [0.15, 0.2) is 0 Å². The maximum absolute atomic E-state index is 12.6. The van der Waals surface area contributed by atoms with Crippen LogP contribution >= 0.6 is 11.6 Å². The van der Waals surface area contributed by atoms with Crippen LogP contribution in [0.1, 0.15) is 16.7 Å². The van der Waals surface area contributed by atoms with Crippen molar-refractivity contribution in [1.82, 2.24) is 15.0 Å². The minimum atomic E-state index is 0.104. The number of ketones is 1. The zero-order valence-corrected chi connectivity index (χ0v) is 19.1. The molecule has 4 aromatic rings. The van der Waals surface area contributed by atoms with E-state index in [2.05, 4.69) is 20.3 Å². The zero-order valence-electron chi connectivity index (χ0n) is 18.4. The molecule has 0 aliphatic rings. The molecule has 0 radical (unpaired) electrons. The lowest BCUT2D eigenvalue weighted by Gasteiger charge is -2.13. The fraction of sp³-hybridized carbons (Fsp3) is 0.154. The second kappa shape index (κ2) is 10.2. The molecule has 0 amide bonds. The number of aromatic nitrogens is 3. The molecule has 0 aliphatic heterocycles. The van der Waals surface area contributed by atoms with E-state index in [1.54, 1.807) is 25.5 Å². The normalized spacial score (nSPS) is 10.6. The van der Waals surface area contributed by atoms with Crippen LogP contribution in [-0.2, 0) is 17.6 Å². The molecular weight excluding hydrogens is 436 g/mol. The van der Waals surface area contributed by atoms with Crippen molar-refractivity contribution in [2.24, 2.45) is 0 Å². The summed E-state index contributed by atoms with van der Waals surface area (Å²) in [4.78, 5) is 25.6. The van der Waals surface area contributed by atoms with Crippen LogP contribution < -0.4 is 10.1 Å². The molecule has 0 spiro atoms. The van der Waals surface area contributed by atoms with Crippen molar-refractivity contribution in [1.29, 1.82) is 0 Å².